The van der Waals surface area contributed by atoms with Gasteiger partial charge in [0.25, 0.3) is 0 Å². The highest BCUT2D eigenvalue weighted by molar-refractivity contribution is 7.10. The Morgan fingerprint density at radius 1 is 1.17 bits per heavy atom. The lowest BCUT2D eigenvalue weighted by Gasteiger charge is -2.13. The second-order valence-electron chi connectivity index (χ2n) is 5.47. The average Bonchev–Trinajstić information content (AvgIpc) is 3.09. The summed E-state index contributed by atoms with van der Waals surface area (Å²) in [4.78, 5) is 26.4. The van der Waals surface area contributed by atoms with Gasteiger partial charge in [-0.25, -0.2) is 0 Å². The van der Waals surface area contributed by atoms with Crippen molar-refractivity contribution in [1.82, 2.24) is 5.32 Å². The Hall–Kier alpha value is -2.38. The second kappa shape index (κ2) is 8.47. The fraction of sp³-hybridized carbons (Fsp3) is 0.294. The smallest absolute Gasteiger partial charge is 0.313 e. The van der Waals surface area contributed by atoms with E-state index in [9.17, 15) is 14.7 Å². The Morgan fingerprint density at radius 3 is 2.46 bits per heavy atom. The number of benzene rings is 1. The molecule has 128 valence electrons. The van der Waals surface area contributed by atoms with E-state index in [1.165, 1.54) is 11.3 Å². The molecule has 0 unspecified atom stereocenters. The lowest BCUT2D eigenvalue weighted by molar-refractivity contribution is -0.136. The van der Waals surface area contributed by atoms with Crippen LogP contribution in [-0.2, 0) is 9.59 Å². The maximum Gasteiger partial charge on any atom is 0.313 e. The number of rotatable bonds is 6. The number of hydrogen-bond donors (Lipinski definition) is 3. The van der Waals surface area contributed by atoms with E-state index in [1.807, 2.05) is 48.6 Å². The van der Waals surface area contributed by atoms with E-state index >= 15 is 0 Å². The summed E-state index contributed by atoms with van der Waals surface area (Å²) in [7, 11) is 3.84. The van der Waals surface area contributed by atoms with Crippen LogP contribution in [0.25, 0.3) is 0 Å². The van der Waals surface area contributed by atoms with Crippen molar-refractivity contribution in [2.75, 3.05) is 30.9 Å². The molecule has 7 heteroatoms. The van der Waals surface area contributed by atoms with Crippen molar-refractivity contribution < 1.29 is 14.7 Å². The van der Waals surface area contributed by atoms with E-state index in [0.29, 0.717) is 12.1 Å². The van der Waals surface area contributed by atoms with Crippen molar-refractivity contribution in [3.8, 4) is 0 Å². The third kappa shape index (κ3) is 5.07. The zero-order chi connectivity index (χ0) is 17.5. The number of nitrogens with zero attached hydrogens (tertiary/aromatic N) is 1. The lowest BCUT2D eigenvalue weighted by atomic mass is 10.2. The molecule has 1 aromatic heterocycles. The molecule has 1 aromatic carbocycles. The maximum atomic E-state index is 11.8. The predicted octanol–water partition coefficient (Wildman–Crippen LogP) is 1.99. The molecule has 0 bridgehead atoms. The molecule has 0 spiro atoms. The van der Waals surface area contributed by atoms with Crippen LogP contribution in [0, 0.1) is 0 Å². The number of aliphatic hydroxyl groups excluding tert-OH is 1. The van der Waals surface area contributed by atoms with Gasteiger partial charge in [0.05, 0.1) is 6.10 Å². The van der Waals surface area contributed by atoms with E-state index in [2.05, 4.69) is 10.6 Å². The van der Waals surface area contributed by atoms with Crippen LogP contribution in [0.5, 0.6) is 0 Å². The molecule has 0 aliphatic rings. The van der Waals surface area contributed by atoms with Crippen molar-refractivity contribution in [2.24, 2.45) is 0 Å². The van der Waals surface area contributed by atoms with Crippen molar-refractivity contribution in [1.29, 1.82) is 0 Å². The van der Waals surface area contributed by atoms with Gasteiger partial charge in [0.2, 0.25) is 0 Å². The summed E-state index contributed by atoms with van der Waals surface area (Å²) in [6.45, 7) is 0.227. The van der Waals surface area contributed by atoms with Gasteiger partial charge in [0.15, 0.2) is 0 Å². The van der Waals surface area contributed by atoms with Crippen LogP contribution in [0.4, 0.5) is 11.4 Å². The van der Waals surface area contributed by atoms with Crippen LogP contribution >= 0.6 is 11.3 Å². The Labute approximate surface area is 145 Å². The van der Waals surface area contributed by atoms with Gasteiger partial charge in [-0.1, -0.05) is 6.07 Å². The summed E-state index contributed by atoms with van der Waals surface area (Å²) in [5.41, 5.74) is 1.55. The van der Waals surface area contributed by atoms with Crippen LogP contribution in [0.2, 0.25) is 0 Å². The fourth-order valence-electron chi connectivity index (χ4n) is 2.06. The van der Waals surface area contributed by atoms with Gasteiger partial charge in [-0.2, -0.15) is 0 Å². The number of anilines is 2. The summed E-state index contributed by atoms with van der Waals surface area (Å²) >= 11 is 1.46. The number of carbonyl (C=O) groups excluding carboxylic acids is 2. The van der Waals surface area contributed by atoms with Gasteiger partial charge in [-0.15, -0.1) is 11.3 Å². The van der Waals surface area contributed by atoms with Crippen molar-refractivity contribution in [2.45, 2.75) is 12.5 Å². The molecule has 0 saturated heterocycles. The normalized spacial score (nSPS) is 11.6. The highest BCUT2D eigenvalue weighted by Crippen LogP contribution is 2.21. The Morgan fingerprint density at radius 2 is 1.88 bits per heavy atom. The summed E-state index contributed by atoms with van der Waals surface area (Å²) in [6.07, 6.45) is -0.274. The largest absolute Gasteiger partial charge is 0.388 e. The van der Waals surface area contributed by atoms with Gasteiger partial charge in [-0.05, 0) is 42.1 Å². The Bertz CT molecular complexity index is 669. The molecular weight excluding hydrogens is 326 g/mol. The molecule has 0 aliphatic heterocycles. The minimum absolute atomic E-state index is 0.227. The summed E-state index contributed by atoms with van der Waals surface area (Å²) in [5.74, 6) is -1.44. The number of carbonyl (C=O) groups is 2. The Balaban J connectivity index is 1.76. The summed E-state index contributed by atoms with van der Waals surface area (Å²) < 4.78 is 0. The van der Waals surface area contributed by atoms with Crippen molar-refractivity contribution in [3.05, 3.63) is 46.7 Å². The first-order valence-electron chi connectivity index (χ1n) is 7.55. The van der Waals surface area contributed by atoms with Crippen LogP contribution < -0.4 is 15.5 Å². The third-order valence-electron chi connectivity index (χ3n) is 3.42. The molecule has 2 aromatic rings. The minimum atomic E-state index is -0.724. The first kappa shape index (κ1) is 18.0. The maximum absolute atomic E-state index is 11.8. The SMILES string of the molecule is CN(C)c1ccc(NC(=O)C(=O)NCC[C@@H](O)c2cccs2)cc1. The van der Waals surface area contributed by atoms with E-state index in [4.69, 9.17) is 0 Å². The number of amides is 2. The van der Waals surface area contributed by atoms with Gasteiger partial charge in [0.1, 0.15) is 0 Å². The van der Waals surface area contributed by atoms with Gasteiger partial charge < -0.3 is 20.6 Å². The van der Waals surface area contributed by atoms with E-state index in [1.54, 1.807) is 12.1 Å². The van der Waals surface area contributed by atoms with Gasteiger partial charge in [0, 0.05) is 36.9 Å². The summed E-state index contributed by atoms with van der Waals surface area (Å²) in [6, 6.07) is 10.9. The topological polar surface area (TPSA) is 81.7 Å². The molecule has 1 heterocycles. The monoisotopic (exact) mass is 347 g/mol. The highest BCUT2D eigenvalue weighted by atomic mass is 32.1. The molecule has 2 rings (SSSR count). The first-order chi connectivity index (χ1) is 11.5. The summed E-state index contributed by atoms with van der Waals surface area (Å²) in [5, 5.41) is 16.9. The molecule has 24 heavy (non-hydrogen) atoms. The second-order valence-corrected chi connectivity index (χ2v) is 6.45. The molecule has 3 N–H and O–H groups in total. The third-order valence-corrected chi connectivity index (χ3v) is 4.40. The molecule has 1 atom stereocenters. The van der Waals surface area contributed by atoms with Crippen molar-refractivity contribution >= 4 is 34.5 Å². The number of aliphatic hydroxyl groups is 1. The van der Waals surface area contributed by atoms with Crippen LogP contribution in [0.3, 0.4) is 0 Å². The standard InChI is InChI=1S/C17H21N3O3S/c1-20(2)13-7-5-12(6-8-13)19-17(23)16(22)18-10-9-14(21)15-4-3-11-24-15/h3-8,11,14,21H,9-10H2,1-2H3,(H,18,22)(H,19,23)/t14-/m1/s1. The molecule has 6 nitrogen and oxygen atoms in total. The molecule has 0 radical (unpaired) electrons. The van der Waals surface area contributed by atoms with Gasteiger partial charge >= 0.3 is 11.8 Å². The van der Waals surface area contributed by atoms with Crippen LogP contribution in [-0.4, -0.2) is 37.6 Å². The molecular formula is C17H21N3O3S. The van der Waals surface area contributed by atoms with E-state index in [0.717, 1.165) is 10.6 Å². The van der Waals surface area contributed by atoms with E-state index < -0.39 is 17.9 Å². The van der Waals surface area contributed by atoms with Gasteiger partial charge in [-0.3, -0.25) is 9.59 Å². The number of nitrogens with one attached hydrogen (secondary N) is 2. The average molecular weight is 347 g/mol. The van der Waals surface area contributed by atoms with Crippen molar-refractivity contribution in [3.63, 3.8) is 0 Å². The zero-order valence-corrected chi connectivity index (χ0v) is 14.5. The first-order valence-corrected chi connectivity index (χ1v) is 8.43. The predicted molar refractivity (Wildman–Crippen MR) is 96.3 cm³/mol. The Kier molecular flexibility index (Phi) is 6.34. The van der Waals surface area contributed by atoms with E-state index in [-0.39, 0.29) is 6.54 Å². The minimum Gasteiger partial charge on any atom is -0.388 e. The molecule has 2 amide bonds. The molecule has 0 aliphatic carbocycles. The highest BCUT2D eigenvalue weighted by Gasteiger charge is 2.15. The quantitative estimate of drug-likeness (QED) is 0.698. The molecule has 0 fully saturated rings. The zero-order valence-electron chi connectivity index (χ0n) is 13.7. The number of thiophene rings is 1. The lowest BCUT2D eigenvalue weighted by Crippen LogP contribution is -2.36. The molecule has 0 saturated carbocycles. The van der Waals surface area contributed by atoms with Crippen LogP contribution in [0.1, 0.15) is 17.4 Å². The van der Waals surface area contributed by atoms with Crippen LogP contribution in [0.15, 0.2) is 41.8 Å². The fourth-order valence-corrected chi connectivity index (χ4v) is 2.80. The number of hydrogen-bond acceptors (Lipinski definition) is 5.